The van der Waals surface area contributed by atoms with E-state index in [1.54, 1.807) is 0 Å². The van der Waals surface area contributed by atoms with Crippen LogP contribution in [0.1, 0.15) is 19.3 Å². The van der Waals surface area contributed by atoms with Crippen molar-refractivity contribution < 1.29 is 25.2 Å². The van der Waals surface area contributed by atoms with E-state index >= 15 is 0 Å². The molecule has 0 bridgehead atoms. The molecule has 88 valence electrons. The maximum absolute atomic E-state index is 8.09. The Morgan fingerprint density at radius 1 is 0.643 bits per heavy atom. The van der Waals surface area contributed by atoms with Crippen molar-refractivity contribution in [1.29, 1.82) is 0 Å². The molecule has 0 amide bonds. The predicted octanol–water partition coefficient (Wildman–Crippen LogP) is -0.871. The van der Waals surface area contributed by atoms with Crippen LogP contribution in [0.15, 0.2) is 0 Å². The molecule has 0 aromatic carbocycles. The zero-order valence-corrected chi connectivity index (χ0v) is 8.56. The zero-order valence-electron chi connectivity index (χ0n) is 8.56. The maximum Gasteiger partial charge on any atom is 0.0698 e. The normalized spacial score (nSPS) is 12.0. The molecule has 1 aliphatic rings. The summed E-state index contributed by atoms with van der Waals surface area (Å²) in [7, 11) is 0. The van der Waals surface area contributed by atoms with Gasteiger partial charge in [0.15, 0.2) is 0 Å². The van der Waals surface area contributed by atoms with Gasteiger partial charge in [0.1, 0.15) is 0 Å². The zero-order chi connectivity index (χ0) is 11.1. The first-order valence-corrected chi connectivity index (χ1v) is 4.84. The highest BCUT2D eigenvalue weighted by atomic mass is 16.5. The standard InChI is InChI=1S/C4H10O3.C3H6.C2H6O2/c5-1-3-7-4-2-6;1-2-3-1;3-1-2-4/h5-6H,1-4H2;1-3H2;3-4H,1-2H2. The van der Waals surface area contributed by atoms with Crippen LogP contribution in [0.25, 0.3) is 0 Å². The van der Waals surface area contributed by atoms with Gasteiger partial charge in [-0.3, -0.25) is 0 Å². The van der Waals surface area contributed by atoms with Gasteiger partial charge >= 0.3 is 0 Å². The topological polar surface area (TPSA) is 90.2 Å². The molecule has 0 aromatic heterocycles. The molecule has 14 heavy (non-hydrogen) atoms. The molecule has 1 fully saturated rings. The number of hydrogen-bond acceptors (Lipinski definition) is 5. The number of ether oxygens (including phenoxy) is 1. The van der Waals surface area contributed by atoms with Gasteiger partial charge in [0.25, 0.3) is 0 Å². The number of rotatable bonds is 5. The molecule has 1 saturated carbocycles. The maximum atomic E-state index is 8.09. The van der Waals surface area contributed by atoms with Crippen LogP contribution in [0, 0.1) is 0 Å². The molecule has 0 unspecified atom stereocenters. The summed E-state index contributed by atoms with van der Waals surface area (Å²) in [6.45, 7) is 0.446. The van der Waals surface area contributed by atoms with E-state index in [1.807, 2.05) is 0 Å². The molecule has 5 nitrogen and oxygen atoms in total. The van der Waals surface area contributed by atoms with Crippen molar-refractivity contribution in [3.8, 4) is 0 Å². The van der Waals surface area contributed by atoms with Gasteiger partial charge in [-0.2, -0.15) is 0 Å². The monoisotopic (exact) mass is 210 g/mol. The van der Waals surface area contributed by atoms with E-state index < -0.39 is 0 Å². The average Bonchev–Trinajstić information content (AvgIpc) is 3.06. The van der Waals surface area contributed by atoms with E-state index in [2.05, 4.69) is 4.74 Å². The first-order chi connectivity index (χ1) is 6.83. The van der Waals surface area contributed by atoms with Crippen molar-refractivity contribution in [2.45, 2.75) is 19.3 Å². The molecule has 4 N–H and O–H groups in total. The minimum Gasteiger partial charge on any atom is -0.394 e. The van der Waals surface area contributed by atoms with Gasteiger partial charge in [0.2, 0.25) is 0 Å². The fraction of sp³-hybridized carbons (Fsp3) is 1.00. The molecule has 0 aliphatic heterocycles. The summed E-state index contributed by atoms with van der Waals surface area (Å²) in [5.74, 6) is 0. The molecule has 1 aliphatic carbocycles. The molecular weight excluding hydrogens is 188 g/mol. The van der Waals surface area contributed by atoms with E-state index in [0.29, 0.717) is 13.2 Å². The summed E-state index contributed by atoms with van der Waals surface area (Å²) in [4.78, 5) is 0. The highest BCUT2D eigenvalue weighted by Crippen LogP contribution is 2.14. The van der Waals surface area contributed by atoms with E-state index in [9.17, 15) is 0 Å². The van der Waals surface area contributed by atoms with Crippen LogP contribution in [0.3, 0.4) is 0 Å². The van der Waals surface area contributed by atoms with Gasteiger partial charge in [0, 0.05) is 0 Å². The van der Waals surface area contributed by atoms with Gasteiger partial charge in [0.05, 0.1) is 39.6 Å². The Hall–Kier alpha value is -0.200. The molecule has 5 heteroatoms. The largest absolute Gasteiger partial charge is 0.394 e. The second kappa shape index (κ2) is 18.6. The lowest BCUT2D eigenvalue weighted by atomic mass is 10.7. The van der Waals surface area contributed by atoms with Gasteiger partial charge in [-0.05, 0) is 0 Å². The van der Waals surface area contributed by atoms with E-state index in [1.165, 1.54) is 19.3 Å². The Balaban J connectivity index is 0. The lowest BCUT2D eigenvalue weighted by Crippen LogP contribution is -2.03. The van der Waals surface area contributed by atoms with E-state index in [-0.39, 0.29) is 26.4 Å². The van der Waals surface area contributed by atoms with Crippen LogP contribution >= 0.6 is 0 Å². The first kappa shape index (κ1) is 16.2. The summed E-state index contributed by atoms with van der Waals surface area (Å²) in [6, 6.07) is 0. The van der Waals surface area contributed by atoms with Crippen LogP contribution in [0.4, 0.5) is 0 Å². The lowest BCUT2D eigenvalue weighted by Gasteiger charge is -1.94. The van der Waals surface area contributed by atoms with Crippen LogP contribution < -0.4 is 0 Å². The average molecular weight is 210 g/mol. The Morgan fingerprint density at radius 2 is 1.00 bits per heavy atom. The smallest absolute Gasteiger partial charge is 0.0698 e. The molecular formula is C9H22O5. The van der Waals surface area contributed by atoms with Crippen molar-refractivity contribution in [2.75, 3.05) is 39.6 Å². The molecule has 0 heterocycles. The van der Waals surface area contributed by atoms with Gasteiger partial charge in [-0.1, -0.05) is 19.3 Å². The van der Waals surface area contributed by atoms with Crippen LogP contribution in [-0.2, 0) is 4.74 Å². The Kier molecular flexibility index (Phi) is 21.5. The Morgan fingerprint density at radius 3 is 1.14 bits per heavy atom. The predicted molar refractivity (Wildman–Crippen MR) is 53.0 cm³/mol. The number of aliphatic hydroxyl groups is 4. The van der Waals surface area contributed by atoms with Crippen molar-refractivity contribution in [3.05, 3.63) is 0 Å². The van der Waals surface area contributed by atoms with Crippen LogP contribution in [0.2, 0.25) is 0 Å². The molecule has 0 spiro atoms. The highest BCUT2D eigenvalue weighted by molar-refractivity contribution is 4.50. The third-order valence-corrected chi connectivity index (χ3v) is 0.925. The number of hydrogen-bond donors (Lipinski definition) is 4. The van der Waals surface area contributed by atoms with E-state index in [0.717, 1.165) is 0 Å². The fourth-order valence-electron chi connectivity index (χ4n) is 0.231. The van der Waals surface area contributed by atoms with Crippen molar-refractivity contribution >= 4 is 0 Å². The van der Waals surface area contributed by atoms with Gasteiger partial charge in [-0.15, -0.1) is 0 Å². The first-order valence-electron chi connectivity index (χ1n) is 4.84. The Bertz CT molecular complexity index is 68.8. The van der Waals surface area contributed by atoms with Crippen molar-refractivity contribution in [2.24, 2.45) is 0 Å². The highest BCUT2D eigenvalue weighted by Gasteiger charge is 1.95. The van der Waals surface area contributed by atoms with E-state index in [4.69, 9.17) is 20.4 Å². The SMILES string of the molecule is C1CC1.OCCO.OCCOCCO. The van der Waals surface area contributed by atoms with Gasteiger partial charge in [-0.25, -0.2) is 0 Å². The minimum atomic E-state index is -0.125. The van der Waals surface area contributed by atoms with Crippen LogP contribution in [-0.4, -0.2) is 60.1 Å². The lowest BCUT2D eigenvalue weighted by molar-refractivity contribution is 0.0650. The third-order valence-electron chi connectivity index (χ3n) is 0.925. The summed E-state index contributed by atoms with van der Waals surface area (Å²) >= 11 is 0. The summed E-state index contributed by atoms with van der Waals surface area (Å²) in [5.41, 5.74) is 0. The van der Waals surface area contributed by atoms with Crippen molar-refractivity contribution in [3.63, 3.8) is 0 Å². The second-order valence-corrected chi connectivity index (χ2v) is 2.57. The molecule has 0 aromatic rings. The minimum absolute atomic E-state index is 0.0278. The summed E-state index contributed by atoms with van der Waals surface area (Å²) in [6.07, 6.45) is 4.50. The third kappa shape index (κ3) is 40.9. The fourth-order valence-corrected chi connectivity index (χ4v) is 0.231. The molecule has 1 rings (SSSR count). The van der Waals surface area contributed by atoms with Crippen LogP contribution in [0.5, 0.6) is 0 Å². The Labute approximate surface area is 85.0 Å². The molecule has 0 radical (unpaired) electrons. The van der Waals surface area contributed by atoms with Crippen molar-refractivity contribution in [1.82, 2.24) is 0 Å². The summed E-state index contributed by atoms with van der Waals surface area (Å²) in [5, 5.41) is 31.4. The molecule has 0 atom stereocenters. The second-order valence-electron chi connectivity index (χ2n) is 2.57. The number of aliphatic hydroxyl groups excluding tert-OH is 4. The summed E-state index contributed by atoms with van der Waals surface area (Å²) < 4.78 is 4.63. The quantitative estimate of drug-likeness (QED) is 0.443. The molecule has 0 saturated heterocycles. The van der Waals surface area contributed by atoms with Gasteiger partial charge < -0.3 is 25.2 Å².